The van der Waals surface area contributed by atoms with Crippen LogP contribution < -0.4 is 5.32 Å². The number of ether oxygens (including phenoxy) is 1. The van der Waals surface area contributed by atoms with E-state index in [-0.39, 0.29) is 0 Å². The molecule has 2 rings (SSSR count). The van der Waals surface area contributed by atoms with Crippen molar-refractivity contribution in [2.24, 2.45) is 5.92 Å². The van der Waals surface area contributed by atoms with E-state index in [9.17, 15) is 0 Å². The van der Waals surface area contributed by atoms with Crippen LogP contribution in [0.2, 0.25) is 0 Å². The number of nitrogens with one attached hydrogen (secondary N) is 1. The maximum atomic E-state index is 5.33. The Kier molecular flexibility index (Phi) is 7.44. The fourth-order valence-electron chi connectivity index (χ4n) is 3.81. The topological polar surface area (TPSA) is 27.7 Å². The summed E-state index contributed by atoms with van der Waals surface area (Å²) in [6.45, 7) is 12.8. The number of methoxy groups -OCH3 is 1. The monoisotopic (exact) mass is 297 g/mol. The van der Waals surface area contributed by atoms with Gasteiger partial charge in [0, 0.05) is 38.8 Å². The smallest absolute Gasteiger partial charge is 0.0589 e. The summed E-state index contributed by atoms with van der Waals surface area (Å²) in [7, 11) is 1.82. The van der Waals surface area contributed by atoms with Gasteiger partial charge in [-0.3, -0.25) is 4.90 Å². The molecule has 0 aliphatic carbocycles. The lowest BCUT2D eigenvalue weighted by Gasteiger charge is -2.40. The molecule has 2 saturated heterocycles. The van der Waals surface area contributed by atoms with Gasteiger partial charge in [0.2, 0.25) is 0 Å². The SMILES string of the molecule is COCCN(CC1CCCN1)C1CCN(CC(C)C)CC1. The summed E-state index contributed by atoms with van der Waals surface area (Å²) in [5.74, 6) is 0.786. The van der Waals surface area contributed by atoms with Crippen molar-refractivity contribution in [3.05, 3.63) is 0 Å². The Labute approximate surface area is 131 Å². The zero-order chi connectivity index (χ0) is 15.1. The van der Waals surface area contributed by atoms with Crippen LogP contribution in [0.3, 0.4) is 0 Å². The van der Waals surface area contributed by atoms with Crippen molar-refractivity contribution < 1.29 is 4.74 Å². The van der Waals surface area contributed by atoms with Crippen molar-refractivity contribution in [2.45, 2.75) is 51.6 Å². The summed E-state index contributed by atoms with van der Waals surface area (Å²) in [6, 6.07) is 1.46. The molecule has 1 N–H and O–H groups in total. The van der Waals surface area contributed by atoms with E-state index in [2.05, 4.69) is 29.0 Å². The number of nitrogens with zero attached hydrogens (tertiary/aromatic N) is 2. The lowest BCUT2D eigenvalue weighted by Crippen LogP contribution is -2.50. The molecule has 2 aliphatic rings. The minimum atomic E-state index is 0.704. The Morgan fingerprint density at radius 2 is 2.00 bits per heavy atom. The molecule has 0 aromatic heterocycles. The van der Waals surface area contributed by atoms with Crippen molar-refractivity contribution in [2.75, 3.05) is 53.0 Å². The summed E-state index contributed by atoms with van der Waals surface area (Å²) < 4.78 is 5.33. The summed E-state index contributed by atoms with van der Waals surface area (Å²) in [4.78, 5) is 5.34. The molecule has 0 aromatic carbocycles. The highest BCUT2D eigenvalue weighted by Crippen LogP contribution is 2.19. The Morgan fingerprint density at radius 1 is 1.24 bits per heavy atom. The average Bonchev–Trinajstić information content (AvgIpc) is 2.97. The van der Waals surface area contributed by atoms with Gasteiger partial charge in [-0.25, -0.2) is 0 Å². The Hall–Kier alpha value is -0.160. The first kappa shape index (κ1) is 17.2. The first-order valence-electron chi connectivity index (χ1n) is 8.87. The molecule has 0 spiro atoms. The normalized spacial score (nSPS) is 25.3. The molecule has 21 heavy (non-hydrogen) atoms. The molecule has 1 atom stereocenters. The van der Waals surface area contributed by atoms with E-state index in [4.69, 9.17) is 4.74 Å². The number of likely N-dealkylation sites (tertiary alicyclic amines) is 1. The Bertz CT molecular complexity index is 271. The third-order valence-electron chi connectivity index (χ3n) is 4.90. The molecule has 0 aromatic rings. The lowest BCUT2D eigenvalue weighted by atomic mass is 10.0. The van der Waals surface area contributed by atoms with Crippen molar-refractivity contribution >= 4 is 0 Å². The van der Waals surface area contributed by atoms with Crippen molar-refractivity contribution in [3.63, 3.8) is 0 Å². The summed E-state index contributed by atoms with van der Waals surface area (Å²) in [5.41, 5.74) is 0. The molecule has 0 saturated carbocycles. The fraction of sp³-hybridized carbons (Fsp3) is 1.00. The molecule has 0 amide bonds. The summed E-state index contributed by atoms with van der Waals surface area (Å²) >= 11 is 0. The van der Waals surface area contributed by atoms with Crippen LogP contribution in [0.5, 0.6) is 0 Å². The summed E-state index contributed by atoms with van der Waals surface area (Å²) in [5, 5.41) is 3.64. The van der Waals surface area contributed by atoms with Gasteiger partial charge in [-0.1, -0.05) is 13.8 Å². The third-order valence-corrected chi connectivity index (χ3v) is 4.90. The predicted octanol–water partition coefficient (Wildman–Crippen LogP) is 1.81. The molecule has 2 aliphatic heterocycles. The van der Waals surface area contributed by atoms with E-state index < -0.39 is 0 Å². The van der Waals surface area contributed by atoms with Gasteiger partial charge in [-0.15, -0.1) is 0 Å². The third kappa shape index (κ3) is 5.85. The van der Waals surface area contributed by atoms with Crippen LogP contribution in [0.15, 0.2) is 0 Å². The first-order chi connectivity index (χ1) is 10.2. The molecule has 2 fully saturated rings. The van der Waals surface area contributed by atoms with Crippen LogP contribution in [0.25, 0.3) is 0 Å². The Morgan fingerprint density at radius 3 is 2.57 bits per heavy atom. The van der Waals surface area contributed by atoms with Gasteiger partial charge >= 0.3 is 0 Å². The van der Waals surface area contributed by atoms with E-state index >= 15 is 0 Å². The van der Waals surface area contributed by atoms with Crippen LogP contribution in [0.1, 0.15) is 39.5 Å². The van der Waals surface area contributed by atoms with Gasteiger partial charge in [0.1, 0.15) is 0 Å². The molecule has 0 radical (unpaired) electrons. The minimum Gasteiger partial charge on any atom is -0.383 e. The molecular formula is C17H35N3O. The minimum absolute atomic E-state index is 0.704. The van der Waals surface area contributed by atoms with Crippen LogP contribution >= 0.6 is 0 Å². The molecule has 0 bridgehead atoms. The van der Waals surface area contributed by atoms with Crippen LogP contribution in [-0.4, -0.2) is 74.9 Å². The maximum absolute atomic E-state index is 5.33. The van der Waals surface area contributed by atoms with E-state index in [1.807, 2.05) is 7.11 Å². The number of hydrogen-bond donors (Lipinski definition) is 1. The van der Waals surface area contributed by atoms with Gasteiger partial charge < -0.3 is 15.0 Å². The van der Waals surface area contributed by atoms with Gasteiger partial charge in [0.25, 0.3) is 0 Å². The molecular weight excluding hydrogens is 262 g/mol. The second kappa shape index (κ2) is 9.09. The van der Waals surface area contributed by atoms with E-state index in [1.165, 1.54) is 58.4 Å². The highest BCUT2D eigenvalue weighted by atomic mass is 16.5. The first-order valence-corrected chi connectivity index (χ1v) is 8.87. The van der Waals surface area contributed by atoms with Crippen LogP contribution in [0.4, 0.5) is 0 Å². The van der Waals surface area contributed by atoms with E-state index in [1.54, 1.807) is 0 Å². The molecule has 4 nitrogen and oxygen atoms in total. The average molecular weight is 297 g/mol. The predicted molar refractivity (Wildman–Crippen MR) is 88.8 cm³/mol. The fourth-order valence-corrected chi connectivity index (χ4v) is 3.81. The summed E-state index contributed by atoms with van der Waals surface area (Å²) in [6.07, 6.45) is 5.33. The van der Waals surface area contributed by atoms with Gasteiger partial charge in [0.05, 0.1) is 6.61 Å². The second-order valence-electron chi connectivity index (χ2n) is 7.21. The number of hydrogen-bond acceptors (Lipinski definition) is 4. The second-order valence-corrected chi connectivity index (χ2v) is 7.21. The highest BCUT2D eigenvalue weighted by molar-refractivity contribution is 4.85. The quantitative estimate of drug-likeness (QED) is 0.739. The zero-order valence-electron chi connectivity index (χ0n) is 14.3. The van der Waals surface area contributed by atoms with Crippen LogP contribution in [0, 0.1) is 5.92 Å². The largest absolute Gasteiger partial charge is 0.383 e. The maximum Gasteiger partial charge on any atom is 0.0589 e. The lowest BCUT2D eigenvalue weighted by molar-refractivity contribution is 0.0701. The molecule has 2 heterocycles. The van der Waals surface area contributed by atoms with Crippen molar-refractivity contribution in [1.29, 1.82) is 0 Å². The van der Waals surface area contributed by atoms with Crippen LogP contribution in [-0.2, 0) is 4.74 Å². The number of piperidine rings is 1. The molecule has 4 heteroatoms. The molecule has 124 valence electrons. The highest BCUT2D eigenvalue weighted by Gasteiger charge is 2.27. The van der Waals surface area contributed by atoms with E-state index in [0.29, 0.717) is 6.04 Å². The zero-order valence-corrected chi connectivity index (χ0v) is 14.3. The standard InChI is InChI=1S/C17H35N3O/c1-15(2)13-19-9-6-17(7-10-19)20(11-12-21-3)14-16-5-4-8-18-16/h15-18H,4-14H2,1-3H3. The van der Waals surface area contributed by atoms with Gasteiger partial charge in [0.15, 0.2) is 0 Å². The van der Waals surface area contributed by atoms with Gasteiger partial charge in [-0.05, 0) is 51.2 Å². The van der Waals surface area contributed by atoms with E-state index in [0.717, 1.165) is 25.1 Å². The van der Waals surface area contributed by atoms with Crippen molar-refractivity contribution in [1.82, 2.24) is 15.1 Å². The number of rotatable bonds is 8. The molecule has 1 unspecified atom stereocenters. The Balaban J connectivity index is 1.79. The van der Waals surface area contributed by atoms with Gasteiger partial charge in [-0.2, -0.15) is 0 Å². The van der Waals surface area contributed by atoms with Crippen molar-refractivity contribution in [3.8, 4) is 0 Å².